The maximum Gasteiger partial charge on any atom is 0.189 e. The Bertz CT molecular complexity index is 341. The van der Waals surface area contributed by atoms with Gasteiger partial charge in [0.25, 0.3) is 0 Å². The second-order valence-electron chi connectivity index (χ2n) is 3.55. The summed E-state index contributed by atoms with van der Waals surface area (Å²) in [5, 5.41) is 4.12. The lowest BCUT2D eigenvalue weighted by Gasteiger charge is -2.12. The van der Waals surface area contributed by atoms with E-state index in [0.29, 0.717) is 6.54 Å². The average Bonchev–Trinajstić information content (AvgIpc) is 2.28. The standard InChI is InChI=1S/C11H20N4S/c1-4-13-10-9(6-5-7-12)8(2)14-11(15-10)16-3/h4-7,12H2,1-3H3,(H,13,14,15). The summed E-state index contributed by atoms with van der Waals surface area (Å²) in [6.07, 6.45) is 3.91. The van der Waals surface area contributed by atoms with Crippen LogP contribution in [0.4, 0.5) is 5.82 Å². The number of nitrogens with one attached hydrogen (secondary N) is 1. The molecular weight excluding hydrogens is 220 g/mol. The molecule has 0 saturated carbocycles. The molecule has 4 nitrogen and oxygen atoms in total. The minimum Gasteiger partial charge on any atom is -0.370 e. The fraction of sp³-hybridized carbons (Fsp3) is 0.636. The van der Waals surface area contributed by atoms with E-state index in [-0.39, 0.29) is 0 Å². The minimum atomic E-state index is 0.704. The van der Waals surface area contributed by atoms with E-state index >= 15 is 0 Å². The molecular formula is C11H20N4S. The molecule has 0 radical (unpaired) electrons. The van der Waals surface area contributed by atoms with Crippen molar-refractivity contribution in [1.82, 2.24) is 9.97 Å². The molecule has 0 aromatic carbocycles. The van der Waals surface area contributed by atoms with Crippen molar-refractivity contribution >= 4 is 17.6 Å². The zero-order valence-electron chi connectivity index (χ0n) is 10.2. The van der Waals surface area contributed by atoms with Crippen LogP contribution in [0.5, 0.6) is 0 Å². The van der Waals surface area contributed by atoms with E-state index in [0.717, 1.165) is 36.1 Å². The summed E-state index contributed by atoms with van der Waals surface area (Å²) in [5.74, 6) is 0.966. The molecule has 0 aliphatic carbocycles. The Morgan fingerprint density at radius 2 is 2.12 bits per heavy atom. The summed E-state index contributed by atoms with van der Waals surface area (Å²) in [6, 6.07) is 0. The smallest absolute Gasteiger partial charge is 0.189 e. The topological polar surface area (TPSA) is 63.8 Å². The highest BCUT2D eigenvalue weighted by Crippen LogP contribution is 2.21. The van der Waals surface area contributed by atoms with Crippen molar-refractivity contribution in [3.63, 3.8) is 0 Å². The Kier molecular flexibility index (Phi) is 5.55. The summed E-state index contributed by atoms with van der Waals surface area (Å²) in [4.78, 5) is 8.95. The van der Waals surface area contributed by atoms with Crippen LogP contribution in [0.25, 0.3) is 0 Å². The third-order valence-corrected chi connectivity index (χ3v) is 2.90. The largest absolute Gasteiger partial charge is 0.370 e. The Labute approximate surface area is 101 Å². The molecule has 3 N–H and O–H groups in total. The van der Waals surface area contributed by atoms with Gasteiger partial charge < -0.3 is 11.1 Å². The number of anilines is 1. The molecule has 0 amide bonds. The first-order valence-corrected chi connectivity index (χ1v) is 6.80. The molecule has 16 heavy (non-hydrogen) atoms. The van der Waals surface area contributed by atoms with Gasteiger partial charge in [-0.2, -0.15) is 0 Å². The Morgan fingerprint density at radius 1 is 1.38 bits per heavy atom. The van der Waals surface area contributed by atoms with Crippen LogP contribution in [0.2, 0.25) is 0 Å². The lowest BCUT2D eigenvalue weighted by atomic mass is 10.1. The van der Waals surface area contributed by atoms with E-state index in [1.54, 1.807) is 11.8 Å². The monoisotopic (exact) mass is 240 g/mol. The van der Waals surface area contributed by atoms with Crippen LogP contribution in [-0.4, -0.2) is 29.3 Å². The predicted molar refractivity (Wildman–Crippen MR) is 70.1 cm³/mol. The normalized spacial score (nSPS) is 10.5. The number of nitrogens with zero attached hydrogens (tertiary/aromatic N) is 2. The van der Waals surface area contributed by atoms with Crippen LogP contribution < -0.4 is 11.1 Å². The molecule has 1 rings (SSSR count). The lowest BCUT2D eigenvalue weighted by Crippen LogP contribution is -2.10. The van der Waals surface area contributed by atoms with Crippen molar-refractivity contribution in [1.29, 1.82) is 0 Å². The highest BCUT2D eigenvalue weighted by molar-refractivity contribution is 7.98. The summed E-state index contributed by atoms with van der Waals surface area (Å²) < 4.78 is 0. The molecule has 0 atom stereocenters. The summed E-state index contributed by atoms with van der Waals surface area (Å²) in [6.45, 7) is 5.69. The minimum absolute atomic E-state index is 0.704. The molecule has 0 spiro atoms. The first kappa shape index (κ1) is 13.3. The highest BCUT2D eigenvalue weighted by Gasteiger charge is 2.10. The second-order valence-corrected chi connectivity index (χ2v) is 4.32. The van der Waals surface area contributed by atoms with E-state index < -0.39 is 0 Å². The molecule has 0 saturated heterocycles. The number of thioether (sulfide) groups is 1. The lowest BCUT2D eigenvalue weighted by molar-refractivity contribution is 0.798. The van der Waals surface area contributed by atoms with E-state index in [9.17, 15) is 0 Å². The predicted octanol–water partition coefficient (Wildman–Crippen LogP) is 1.83. The van der Waals surface area contributed by atoms with Gasteiger partial charge in [-0.3, -0.25) is 0 Å². The summed E-state index contributed by atoms with van der Waals surface area (Å²) >= 11 is 1.57. The molecule has 0 aliphatic heterocycles. The zero-order chi connectivity index (χ0) is 12.0. The van der Waals surface area contributed by atoms with Crippen molar-refractivity contribution < 1.29 is 0 Å². The van der Waals surface area contributed by atoms with Crippen molar-refractivity contribution in [3.8, 4) is 0 Å². The first-order chi connectivity index (χ1) is 7.72. The third-order valence-electron chi connectivity index (χ3n) is 2.35. The van der Waals surface area contributed by atoms with E-state index in [1.165, 1.54) is 5.56 Å². The van der Waals surface area contributed by atoms with Gasteiger partial charge >= 0.3 is 0 Å². The van der Waals surface area contributed by atoms with E-state index in [2.05, 4.69) is 22.2 Å². The van der Waals surface area contributed by atoms with Crippen molar-refractivity contribution in [3.05, 3.63) is 11.3 Å². The fourth-order valence-corrected chi connectivity index (χ4v) is 1.96. The van der Waals surface area contributed by atoms with Gasteiger partial charge in [0.15, 0.2) is 5.16 Å². The van der Waals surface area contributed by atoms with Gasteiger partial charge in [0.05, 0.1) is 0 Å². The van der Waals surface area contributed by atoms with Crippen LogP contribution in [0, 0.1) is 6.92 Å². The molecule has 1 aromatic rings. The second kappa shape index (κ2) is 6.70. The van der Waals surface area contributed by atoms with E-state index in [1.807, 2.05) is 13.2 Å². The van der Waals surface area contributed by atoms with Gasteiger partial charge in [0.2, 0.25) is 0 Å². The number of aryl methyl sites for hydroxylation is 1. The quantitative estimate of drug-likeness (QED) is 0.586. The van der Waals surface area contributed by atoms with Crippen molar-refractivity contribution in [2.24, 2.45) is 5.73 Å². The van der Waals surface area contributed by atoms with Gasteiger partial charge in [-0.1, -0.05) is 11.8 Å². The van der Waals surface area contributed by atoms with Crippen LogP contribution in [-0.2, 0) is 6.42 Å². The van der Waals surface area contributed by atoms with Gasteiger partial charge in [-0.25, -0.2) is 9.97 Å². The van der Waals surface area contributed by atoms with Crippen LogP contribution in [0.3, 0.4) is 0 Å². The van der Waals surface area contributed by atoms with Crippen molar-refractivity contribution in [2.75, 3.05) is 24.7 Å². The molecule has 0 fully saturated rings. The van der Waals surface area contributed by atoms with Crippen LogP contribution in [0.1, 0.15) is 24.6 Å². The molecule has 1 aromatic heterocycles. The Balaban J connectivity index is 3.01. The van der Waals surface area contributed by atoms with E-state index in [4.69, 9.17) is 5.73 Å². The maximum absolute atomic E-state index is 5.54. The molecule has 5 heteroatoms. The fourth-order valence-electron chi connectivity index (χ4n) is 1.55. The molecule has 0 unspecified atom stereocenters. The van der Waals surface area contributed by atoms with Crippen molar-refractivity contribution in [2.45, 2.75) is 31.8 Å². The van der Waals surface area contributed by atoms with Crippen LogP contribution >= 0.6 is 11.8 Å². The van der Waals surface area contributed by atoms with Gasteiger partial charge in [-0.05, 0) is 39.5 Å². The van der Waals surface area contributed by atoms with Gasteiger partial charge in [0, 0.05) is 17.8 Å². The molecule has 0 aliphatic rings. The maximum atomic E-state index is 5.54. The van der Waals surface area contributed by atoms with Gasteiger partial charge in [-0.15, -0.1) is 0 Å². The van der Waals surface area contributed by atoms with Crippen LogP contribution in [0.15, 0.2) is 5.16 Å². The first-order valence-electron chi connectivity index (χ1n) is 5.58. The number of hydrogen-bond donors (Lipinski definition) is 2. The number of rotatable bonds is 6. The highest BCUT2D eigenvalue weighted by atomic mass is 32.2. The Morgan fingerprint density at radius 3 is 2.69 bits per heavy atom. The molecule has 90 valence electrons. The molecule has 1 heterocycles. The zero-order valence-corrected chi connectivity index (χ0v) is 11.0. The number of aromatic nitrogens is 2. The Hall–Kier alpha value is -0.810. The number of nitrogens with two attached hydrogens (primary N) is 1. The molecule has 0 bridgehead atoms. The van der Waals surface area contributed by atoms with Gasteiger partial charge in [0.1, 0.15) is 5.82 Å². The summed E-state index contributed by atoms with van der Waals surface area (Å²) in [5.41, 5.74) is 7.80. The average molecular weight is 240 g/mol. The third kappa shape index (κ3) is 3.35. The summed E-state index contributed by atoms with van der Waals surface area (Å²) in [7, 11) is 0. The SMILES string of the molecule is CCNc1nc(SC)nc(C)c1CCCN. The number of hydrogen-bond acceptors (Lipinski definition) is 5.